The molecule has 7 heteroatoms. The zero-order valence-corrected chi connectivity index (χ0v) is 12.6. The van der Waals surface area contributed by atoms with Gasteiger partial charge in [0, 0.05) is 23.1 Å². The molecule has 0 aliphatic heterocycles. The van der Waals surface area contributed by atoms with Gasteiger partial charge < -0.3 is 4.74 Å². The molecule has 2 aromatic rings. The van der Waals surface area contributed by atoms with Crippen molar-refractivity contribution in [3.05, 3.63) is 47.5 Å². The van der Waals surface area contributed by atoms with E-state index >= 15 is 0 Å². The molecule has 0 saturated carbocycles. The molecule has 106 valence electrons. The van der Waals surface area contributed by atoms with Crippen LogP contribution in [0.1, 0.15) is 17.0 Å². The highest BCUT2D eigenvalue weighted by molar-refractivity contribution is 8.13. The third-order valence-electron chi connectivity index (χ3n) is 2.61. The third-order valence-corrected chi connectivity index (χ3v) is 3.94. The van der Waals surface area contributed by atoms with Crippen LogP contribution >= 0.6 is 10.7 Å². The van der Waals surface area contributed by atoms with E-state index in [4.69, 9.17) is 15.4 Å². The van der Waals surface area contributed by atoms with E-state index in [1.165, 1.54) is 6.07 Å². The number of nitrogens with zero attached hydrogens (tertiary/aromatic N) is 2. The van der Waals surface area contributed by atoms with E-state index in [2.05, 4.69) is 9.97 Å². The van der Waals surface area contributed by atoms with Gasteiger partial charge in [-0.2, -0.15) is 0 Å². The van der Waals surface area contributed by atoms with Crippen LogP contribution in [0.25, 0.3) is 0 Å². The molecule has 0 fully saturated rings. The molecule has 0 unspecified atom stereocenters. The van der Waals surface area contributed by atoms with Crippen LogP contribution in [0, 0.1) is 13.8 Å². The van der Waals surface area contributed by atoms with E-state index in [1.807, 2.05) is 6.07 Å². The summed E-state index contributed by atoms with van der Waals surface area (Å²) in [5.74, 6) is 0.698. The standard InChI is InChI=1S/C13H13ClN2O3S/c1-9-6-10(2)13(11(7-9)20(14,17)18)19-8-12-15-4-3-5-16-12/h3-7H,8H2,1-2H3. The van der Waals surface area contributed by atoms with Gasteiger partial charge in [0.25, 0.3) is 9.05 Å². The van der Waals surface area contributed by atoms with Crippen LogP contribution < -0.4 is 4.74 Å². The number of rotatable bonds is 4. The SMILES string of the molecule is Cc1cc(C)c(OCc2ncccn2)c(S(=O)(=O)Cl)c1. The summed E-state index contributed by atoms with van der Waals surface area (Å²) in [6.45, 7) is 3.63. The maximum Gasteiger partial charge on any atom is 0.265 e. The molecular formula is C13H13ClN2O3S. The Bertz CT molecular complexity index is 718. The predicted molar refractivity (Wildman–Crippen MR) is 75.3 cm³/mol. The molecule has 2 rings (SSSR count). The van der Waals surface area contributed by atoms with E-state index in [9.17, 15) is 8.42 Å². The molecule has 1 heterocycles. The minimum atomic E-state index is -3.88. The fourth-order valence-electron chi connectivity index (χ4n) is 1.82. The Morgan fingerprint density at radius 1 is 1.20 bits per heavy atom. The maximum absolute atomic E-state index is 11.6. The van der Waals surface area contributed by atoms with Gasteiger partial charge in [0.1, 0.15) is 17.3 Å². The van der Waals surface area contributed by atoms with Crippen LogP contribution in [0.4, 0.5) is 0 Å². The maximum atomic E-state index is 11.6. The molecule has 0 radical (unpaired) electrons. The second-order valence-corrected chi connectivity index (χ2v) is 6.83. The third kappa shape index (κ3) is 3.46. The van der Waals surface area contributed by atoms with E-state index in [1.54, 1.807) is 32.3 Å². The van der Waals surface area contributed by atoms with Gasteiger partial charge in [-0.05, 0) is 37.1 Å². The number of halogens is 1. The smallest absolute Gasteiger partial charge is 0.265 e. The summed E-state index contributed by atoms with van der Waals surface area (Å²) >= 11 is 0. The summed E-state index contributed by atoms with van der Waals surface area (Å²) < 4.78 is 28.8. The van der Waals surface area contributed by atoms with Crippen molar-refractivity contribution in [3.63, 3.8) is 0 Å². The van der Waals surface area contributed by atoms with E-state index in [-0.39, 0.29) is 17.3 Å². The molecule has 0 spiro atoms. The van der Waals surface area contributed by atoms with E-state index in [0.717, 1.165) is 5.56 Å². The Labute approximate surface area is 122 Å². The van der Waals surface area contributed by atoms with Gasteiger partial charge in [-0.15, -0.1) is 0 Å². The van der Waals surface area contributed by atoms with Gasteiger partial charge in [0.15, 0.2) is 5.82 Å². The summed E-state index contributed by atoms with van der Waals surface area (Å²) in [6.07, 6.45) is 3.18. The molecule has 1 aromatic carbocycles. The average Bonchev–Trinajstić information content (AvgIpc) is 2.37. The highest BCUT2D eigenvalue weighted by Gasteiger charge is 2.20. The van der Waals surface area contributed by atoms with Gasteiger partial charge in [0.05, 0.1) is 0 Å². The van der Waals surface area contributed by atoms with E-state index in [0.29, 0.717) is 11.4 Å². The van der Waals surface area contributed by atoms with Crippen molar-refractivity contribution in [2.45, 2.75) is 25.3 Å². The normalized spacial score (nSPS) is 11.3. The second kappa shape index (κ2) is 5.76. The predicted octanol–water partition coefficient (Wildman–Crippen LogP) is 2.60. The van der Waals surface area contributed by atoms with Crippen molar-refractivity contribution in [1.29, 1.82) is 0 Å². The summed E-state index contributed by atoms with van der Waals surface area (Å²) in [5, 5.41) is 0. The second-order valence-electron chi connectivity index (χ2n) is 4.30. The lowest BCUT2D eigenvalue weighted by atomic mass is 10.1. The number of hydrogen-bond donors (Lipinski definition) is 0. The van der Waals surface area contributed by atoms with Crippen LogP contribution in [0.15, 0.2) is 35.5 Å². The minimum Gasteiger partial charge on any atom is -0.484 e. The first kappa shape index (κ1) is 14.7. The van der Waals surface area contributed by atoms with Gasteiger partial charge >= 0.3 is 0 Å². The van der Waals surface area contributed by atoms with Crippen molar-refractivity contribution in [2.75, 3.05) is 0 Å². The van der Waals surface area contributed by atoms with Crippen LogP contribution in [-0.2, 0) is 15.7 Å². The van der Waals surface area contributed by atoms with Crippen molar-refractivity contribution in [1.82, 2.24) is 9.97 Å². The molecule has 0 saturated heterocycles. The number of ether oxygens (including phenoxy) is 1. The molecule has 20 heavy (non-hydrogen) atoms. The topological polar surface area (TPSA) is 69.2 Å². The molecule has 0 amide bonds. The Morgan fingerprint density at radius 2 is 1.85 bits per heavy atom. The Balaban J connectivity index is 2.36. The summed E-state index contributed by atoms with van der Waals surface area (Å²) in [4.78, 5) is 7.99. The number of aryl methyl sites for hydroxylation is 2. The van der Waals surface area contributed by atoms with Gasteiger partial charge in [-0.3, -0.25) is 0 Å². The lowest BCUT2D eigenvalue weighted by molar-refractivity contribution is 0.286. The summed E-state index contributed by atoms with van der Waals surface area (Å²) in [7, 11) is 1.57. The van der Waals surface area contributed by atoms with Gasteiger partial charge in [0.2, 0.25) is 0 Å². The van der Waals surface area contributed by atoms with Gasteiger partial charge in [-0.25, -0.2) is 18.4 Å². The molecule has 0 aliphatic carbocycles. The van der Waals surface area contributed by atoms with Crippen molar-refractivity contribution in [3.8, 4) is 5.75 Å². The fourth-order valence-corrected chi connectivity index (χ4v) is 2.93. The lowest BCUT2D eigenvalue weighted by Gasteiger charge is -2.13. The number of benzene rings is 1. The average molecular weight is 313 g/mol. The largest absolute Gasteiger partial charge is 0.484 e. The number of hydrogen-bond acceptors (Lipinski definition) is 5. The summed E-state index contributed by atoms with van der Waals surface area (Å²) in [6, 6.07) is 5.00. The highest BCUT2D eigenvalue weighted by Crippen LogP contribution is 2.32. The monoisotopic (exact) mass is 312 g/mol. The first-order valence-electron chi connectivity index (χ1n) is 5.82. The van der Waals surface area contributed by atoms with Crippen LogP contribution in [0.3, 0.4) is 0 Å². The molecule has 0 atom stereocenters. The highest BCUT2D eigenvalue weighted by atomic mass is 35.7. The first-order chi connectivity index (χ1) is 9.38. The van der Waals surface area contributed by atoms with Crippen molar-refractivity contribution >= 4 is 19.7 Å². The summed E-state index contributed by atoms with van der Waals surface area (Å²) in [5.41, 5.74) is 1.49. The zero-order valence-electron chi connectivity index (χ0n) is 11.0. The first-order valence-corrected chi connectivity index (χ1v) is 8.13. The number of aromatic nitrogens is 2. The molecule has 0 bridgehead atoms. The van der Waals surface area contributed by atoms with Crippen molar-refractivity contribution < 1.29 is 13.2 Å². The molecular weight excluding hydrogens is 300 g/mol. The zero-order chi connectivity index (χ0) is 14.8. The fraction of sp³-hybridized carbons (Fsp3) is 0.231. The van der Waals surface area contributed by atoms with Crippen LogP contribution in [0.5, 0.6) is 5.75 Å². The van der Waals surface area contributed by atoms with Crippen molar-refractivity contribution in [2.24, 2.45) is 0 Å². The van der Waals surface area contributed by atoms with E-state index < -0.39 is 9.05 Å². The van der Waals surface area contributed by atoms with Gasteiger partial charge in [-0.1, -0.05) is 6.07 Å². The Morgan fingerprint density at radius 3 is 2.45 bits per heavy atom. The minimum absolute atomic E-state index is 0.0346. The lowest BCUT2D eigenvalue weighted by Crippen LogP contribution is -2.05. The molecule has 0 aliphatic rings. The van der Waals surface area contributed by atoms with Crippen LogP contribution in [0.2, 0.25) is 0 Å². The quantitative estimate of drug-likeness (QED) is 0.812. The molecule has 1 aromatic heterocycles. The molecule has 0 N–H and O–H groups in total. The Kier molecular flexibility index (Phi) is 4.25. The molecule has 5 nitrogen and oxygen atoms in total. The van der Waals surface area contributed by atoms with Crippen LogP contribution in [-0.4, -0.2) is 18.4 Å². The Hall–Kier alpha value is -1.66.